The molecule has 0 aromatic carbocycles. The number of hydrogen-bond acceptors (Lipinski definition) is 1. The Bertz CT molecular complexity index is 206. The molecule has 0 atom stereocenters. The maximum atomic E-state index is 11.1. The molecule has 4 heteroatoms. The Labute approximate surface area is 52.3 Å². The lowest BCUT2D eigenvalue weighted by atomic mass is 10.7. The first-order valence-corrected chi connectivity index (χ1v) is 5.29. The molecule has 0 aromatic rings. The third kappa shape index (κ3) is 1.17. The average Bonchev–Trinajstić information content (AvgIpc) is 1.81. The summed E-state index contributed by atoms with van der Waals surface area (Å²) in [5.41, 5.74) is 0. The number of nitrogens with zero attached hydrogens (tertiary/aromatic N) is 1. The van der Waals surface area contributed by atoms with E-state index >= 15 is 0 Å². The fourth-order valence-corrected chi connectivity index (χ4v) is 1.59. The standard InChI is InChI=1S/C4H6ClNOS/c1-8(5,7)4-2-3-6-8/h2-4H,1H3. The van der Waals surface area contributed by atoms with Gasteiger partial charge in [0.1, 0.15) is 0 Å². The minimum Gasteiger partial charge on any atom is -0.243 e. The van der Waals surface area contributed by atoms with Gasteiger partial charge in [0.2, 0.25) is 0 Å². The zero-order valence-corrected chi connectivity index (χ0v) is 5.95. The van der Waals surface area contributed by atoms with Crippen LogP contribution >= 0.6 is 10.7 Å². The SMILES string of the molecule is CS1(=O)(Cl)C=CC=N1. The highest BCUT2D eigenvalue weighted by atomic mass is 35.7. The first-order valence-electron chi connectivity index (χ1n) is 2.07. The van der Waals surface area contributed by atoms with Gasteiger partial charge in [0, 0.05) is 17.9 Å². The molecule has 2 nitrogen and oxygen atoms in total. The minimum absolute atomic E-state index is 1.42. The van der Waals surface area contributed by atoms with Gasteiger partial charge in [-0.05, 0) is 16.8 Å². The van der Waals surface area contributed by atoms with Crippen LogP contribution in [0, 0.1) is 0 Å². The van der Waals surface area contributed by atoms with Crippen LogP contribution < -0.4 is 0 Å². The maximum Gasteiger partial charge on any atom is 0.0710 e. The summed E-state index contributed by atoms with van der Waals surface area (Å²) in [6.45, 7) is 0. The van der Waals surface area contributed by atoms with Crippen LogP contribution in [0.3, 0.4) is 0 Å². The van der Waals surface area contributed by atoms with Crippen molar-refractivity contribution < 1.29 is 4.21 Å². The topological polar surface area (TPSA) is 29.4 Å². The summed E-state index contributed by atoms with van der Waals surface area (Å²) < 4.78 is 14.7. The molecule has 0 N–H and O–H groups in total. The van der Waals surface area contributed by atoms with Gasteiger partial charge in [-0.25, -0.2) is 8.61 Å². The summed E-state index contributed by atoms with van der Waals surface area (Å²) in [6.07, 6.45) is 4.45. The Morgan fingerprint density at radius 3 is 2.50 bits per heavy atom. The molecule has 0 unspecified atom stereocenters. The van der Waals surface area contributed by atoms with Gasteiger partial charge in [-0.15, -0.1) is 0 Å². The van der Waals surface area contributed by atoms with Gasteiger partial charge in [-0.3, -0.25) is 0 Å². The average molecular weight is 152 g/mol. The Hall–Kier alpha value is -0.150. The fraction of sp³-hybridized carbons (Fsp3) is 0.250. The summed E-state index contributed by atoms with van der Waals surface area (Å²) in [4.78, 5) is 0. The first-order chi connectivity index (χ1) is 3.47. The molecule has 0 amide bonds. The van der Waals surface area contributed by atoms with Gasteiger partial charge < -0.3 is 0 Å². The van der Waals surface area contributed by atoms with Crippen molar-refractivity contribution in [2.24, 2.45) is 4.40 Å². The first kappa shape index (κ1) is 5.98. The van der Waals surface area contributed by atoms with Crippen LogP contribution in [0.25, 0.3) is 0 Å². The number of rotatable bonds is 0. The van der Waals surface area contributed by atoms with Crippen LogP contribution in [0.5, 0.6) is 0 Å². The van der Waals surface area contributed by atoms with Gasteiger partial charge >= 0.3 is 0 Å². The molecule has 0 aliphatic carbocycles. The predicted molar refractivity (Wildman–Crippen MR) is 37.6 cm³/mol. The van der Waals surface area contributed by atoms with Crippen molar-refractivity contribution in [1.29, 1.82) is 0 Å². The molecule has 8 heavy (non-hydrogen) atoms. The molecule has 46 valence electrons. The molecule has 0 saturated carbocycles. The lowest BCUT2D eigenvalue weighted by molar-refractivity contribution is 0.679. The lowest BCUT2D eigenvalue weighted by Crippen LogP contribution is -2.11. The van der Waals surface area contributed by atoms with E-state index in [-0.39, 0.29) is 0 Å². The second-order valence-corrected chi connectivity index (χ2v) is 7.03. The molecular formula is C4H6ClNOS. The van der Waals surface area contributed by atoms with E-state index in [1.807, 2.05) is 0 Å². The van der Waals surface area contributed by atoms with Crippen LogP contribution in [0.15, 0.2) is 15.9 Å². The van der Waals surface area contributed by atoms with Crippen molar-refractivity contribution in [2.75, 3.05) is 6.26 Å². The van der Waals surface area contributed by atoms with Gasteiger partial charge in [0.15, 0.2) is 0 Å². The highest BCUT2D eigenvalue weighted by Gasteiger charge is 2.23. The van der Waals surface area contributed by atoms with Crippen molar-refractivity contribution in [3.8, 4) is 0 Å². The van der Waals surface area contributed by atoms with Crippen molar-refractivity contribution in [3.63, 3.8) is 0 Å². The van der Waals surface area contributed by atoms with E-state index in [2.05, 4.69) is 4.40 Å². The van der Waals surface area contributed by atoms with E-state index in [1.54, 1.807) is 6.08 Å². The van der Waals surface area contributed by atoms with E-state index in [9.17, 15) is 4.21 Å². The van der Waals surface area contributed by atoms with Crippen LogP contribution in [0.4, 0.5) is 0 Å². The van der Waals surface area contributed by atoms with Gasteiger partial charge in [-0.1, -0.05) is 0 Å². The van der Waals surface area contributed by atoms with Crippen LogP contribution in [-0.2, 0) is 8.47 Å². The molecule has 1 rings (SSSR count). The van der Waals surface area contributed by atoms with Crippen LogP contribution in [0.2, 0.25) is 0 Å². The second kappa shape index (κ2) is 1.22. The molecule has 0 spiro atoms. The van der Waals surface area contributed by atoms with Crippen molar-refractivity contribution >= 4 is 25.4 Å². The molecule has 0 fully saturated rings. The smallest absolute Gasteiger partial charge is 0.0710 e. The Balaban J connectivity index is 3.22. The lowest BCUT2D eigenvalue weighted by Gasteiger charge is -2.16. The second-order valence-electron chi connectivity index (χ2n) is 1.82. The molecule has 1 aliphatic heterocycles. The van der Waals surface area contributed by atoms with E-state index in [0.29, 0.717) is 0 Å². The third-order valence-electron chi connectivity index (χ3n) is 0.779. The van der Waals surface area contributed by atoms with E-state index in [0.717, 1.165) is 0 Å². The Kier molecular flexibility index (Phi) is 0.913. The summed E-state index contributed by atoms with van der Waals surface area (Å²) in [7, 11) is 2.33. The van der Waals surface area contributed by atoms with Crippen molar-refractivity contribution in [1.82, 2.24) is 0 Å². The van der Waals surface area contributed by atoms with E-state index in [4.69, 9.17) is 10.7 Å². The summed E-state index contributed by atoms with van der Waals surface area (Å²) in [6, 6.07) is 0. The molecule has 0 bridgehead atoms. The third-order valence-corrected chi connectivity index (χ3v) is 2.71. The highest BCUT2D eigenvalue weighted by Crippen LogP contribution is 2.32. The van der Waals surface area contributed by atoms with Crippen molar-refractivity contribution in [2.45, 2.75) is 0 Å². The van der Waals surface area contributed by atoms with E-state index in [1.165, 1.54) is 17.9 Å². The number of allylic oxidation sites excluding steroid dienone is 1. The fourth-order valence-electron chi connectivity index (χ4n) is 0.425. The van der Waals surface area contributed by atoms with Gasteiger partial charge in [0.25, 0.3) is 0 Å². The van der Waals surface area contributed by atoms with Crippen molar-refractivity contribution in [3.05, 3.63) is 11.5 Å². The predicted octanol–water partition coefficient (Wildman–Crippen LogP) is 1.10. The Morgan fingerprint density at radius 2 is 2.38 bits per heavy atom. The molecule has 1 aliphatic rings. The largest absolute Gasteiger partial charge is 0.243 e. The zero-order chi connectivity index (χ0) is 6.28. The van der Waals surface area contributed by atoms with Gasteiger partial charge in [0.05, 0.1) is 8.47 Å². The molecule has 0 radical (unpaired) electrons. The zero-order valence-electron chi connectivity index (χ0n) is 4.37. The quantitative estimate of drug-likeness (QED) is 0.477. The van der Waals surface area contributed by atoms with Crippen LogP contribution in [0.1, 0.15) is 0 Å². The Morgan fingerprint density at radius 1 is 1.75 bits per heavy atom. The molecular weight excluding hydrogens is 146 g/mol. The monoisotopic (exact) mass is 151 g/mol. The molecule has 0 aromatic heterocycles. The highest BCUT2D eigenvalue weighted by molar-refractivity contribution is 8.39. The number of hydrogen-bond donors (Lipinski definition) is 0. The molecule has 0 saturated heterocycles. The normalized spacial score (nSPS) is 34.0. The minimum atomic E-state index is -3.16. The summed E-state index contributed by atoms with van der Waals surface area (Å²) in [5.74, 6) is 0. The summed E-state index contributed by atoms with van der Waals surface area (Å²) >= 11 is 0. The van der Waals surface area contributed by atoms with Gasteiger partial charge in [-0.2, -0.15) is 0 Å². The maximum absolute atomic E-state index is 11.1. The number of halogens is 1. The van der Waals surface area contributed by atoms with Crippen LogP contribution in [-0.4, -0.2) is 16.7 Å². The van der Waals surface area contributed by atoms with E-state index < -0.39 is 8.47 Å². The summed E-state index contributed by atoms with van der Waals surface area (Å²) in [5, 5.41) is 1.42. The molecule has 1 heterocycles.